The Labute approximate surface area is 167 Å². The van der Waals surface area contributed by atoms with Crippen LogP contribution in [0.4, 0.5) is 0 Å². The lowest BCUT2D eigenvalue weighted by molar-refractivity contribution is -0.123. The maximum atomic E-state index is 12.2. The van der Waals surface area contributed by atoms with Gasteiger partial charge in [0.05, 0.1) is 4.58 Å². The molecular weight excluding hydrogens is 380 g/mol. The number of amides is 2. The smallest absolute Gasteiger partial charge is 0.276 e. The third-order valence-electron chi connectivity index (χ3n) is 4.10. The highest BCUT2D eigenvalue weighted by molar-refractivity contribution is 8.19. The van der Waals surface area contributed by atoms with Gasteiger partial charge in [0.2, 0.25) is 0 Å². The number of carbonyl (C=O) groups is 2. The number of benzene rings is 2. The molecule has 0 unspecified atom stereocenters. The molecule has 2 N–H and O–H groups in total. The molecule has 5 nitrogen and oxygen atoms in total. The van der Waals surface area contributed by atoms with Crippen molar-refractivity contribution in [2.75, 3.05) is 18.1 Å². The summed E-state index contributed by atoms with van der Waals surface area (Å²) >= 11 is 3.77. The molecule has 0 bridgehead atoms. The van der Waals surface area contributed by atoms with Crippen LogP contribution >= 0.6 is 23.5 Å². The molecule has 2 aromatic carbocycles. The lowest BCUT2D eigenvalue weighted by Crippen LogP contribution is -2.44. The summed E-state index contributed by atoms with van der Waals surface area (Å²) in [6, 6.07) is 13.3. The van der Waals surface area contributed by atoms with Gasteiger partial charge >= 0.3 is 0 Å². The molecule has 1 saturated heterocycles. The van der Waals surface area contributed by atoms with E-state index >= 15 is 0 Å². The van der Waals surface area contributed by atoms with Crippen LogP contribution in [0.1, 0.15) is 31.6 Å². The van der Waals surface area contributed by atoms with E-state index in [1.165, 1.54) is 0 Å². The predicted molar refractivity (Wildman–Crippen MR) is 111 cm³/mol. The number of para-hydroxylation sites is 1. The lowest BCUT2D eigenvalue weighted by atomic mass is 10.1. The standard InChI is InChI=1S/C20H22N2O3S2/c1-13-7-8-15(14(2)11-13)19(24)22-21-18(23)12-25-17-6-4-3-5-16(17)20-26-9-10-27-20/h3-8,11,20H,9-10,12H2,1-2H3,(H,21,23)(H,22,24). The molecule has 2 amide bonds. The van der Waals surface area contributed by atoms with E-state index in [1.54, 1.807) is 6.07 Å². The average molecular weight is 403 g/mol. The molecule has 0 atom stereocenters. The van der Waals surface area contributed by atoms with Crippen LogP contribution < -0.4 is 15.6 Å². The fourth-order valence-electron chi connectivity index (χ4n) is 2.79. The predicted octanol–water partition coefficient (Wildman–Crippen LogP) is 3.62. The first-order valence-electron chi connectivity index (χ1n) is 8.66. The van der Waals surface area contributed by atoms with Crippen LogP contribution in [0.3, 0.4) is 0 Å². The molecule has 142 valence electrons. The third-order valence-corrected chi connectivity index (χ3v) is 7.16. The zero-order chi connectivity index (χ0) is 19.2. The van der Waals surface area contributed by atoms with E-state index in [0.29, 0.717) is 15.9 Å². The molecule has 2 aromatic rings. The monoisotopic (exact) mass is 402 g/mol. The van der Waals surface area contributed by atoms with Gasteiger partial charge in [-0.1, -0.05) is 35.9 Å². The molecule has 0 aliphatic carbocycles. The van der Waals surface area contributed by atoms with Crippen molar-refractivity contribution in [2.45, 2.75) is 18.4 Å². The number of ether oxygens (including phenoxy) is 1. The number of aryl methyl sites for hydroxylation is 2. The van der Waals surface area contributed by atoms with Crippen LogP contribution in [0.2, 0.25) is 0 Å². The van der Waals surface area contributed by atoms with Gasteiger partial charge in [0.1, 0.15) is 5.75 Å². The van der Waals surface area contributed by atoms with E-state index in [2.05, 4.69) is 10.9 Å². The first kappa shape index (κ1) is 19.6. The van der Waals surface area contributed by atoms with Crippen molar-refractivity contribution in [1.29, 1.82) is 0 Å². The number of thioether (sulfide) groups is 2. The fourth-order valence-corrected chi connectivity index (χ4v) is 5.69. The van der Waals surface area contributed by atoms with Crippen LogP contribution in [-0.2, 0) is 4.79 Å². The Hall–Kier alpha value is -2.12. The van der Waals surface area contributed by atoms with Gasteiger partial charge in [0.25, 0.3) is 11.8 Å². The van der Waals surface area contributed by atoms with Gasteiger partial charge in [-0.3, -0.25) is 20.4 Å². The van der Waals surface area contributed by atoms with E-state index in [9.17, 15) is 9.59 Å². The van der Waals surface area contributed by atoms with Crippen molar-refractivity contribution in [3.05, 3.63) is 64.7 Å². The van der Waals surface area contributed by atoms with E-state index in [4.69, 9.17) is 4.74 Å². The molecule has 1 aliphatic rings. The number of nitrogens with one attached hydrogen (secondary N) is 2. The molecule has 27 heavy (non-hydrogen) atoms. The molecule has 0 aromatic heterocycles. The summed E-state index contributed by atoms with van der Waals surface area (Å²) in [7, 11) is 0. The molecule has 1 fully saturated rings. The maximum Gasteiger partial charge on any atom is 0.276 e. The summed E-state index contributed by atoms with van der Waals surface area (Å²) in [4.78, 5) is 24.3. The number of carbonyl (C=O) groups excluding carboxylic acids is 2. The quantitative estimate of drug-likeness (QED) is 0.748. The Kier molecular flexibility index (Phi) is 6.68. The van der Waals surface area contributed by atoms with Crippen molar-refractivity contribution in [2.24, 2.45) is 0 Å². The van der Waals surface area contributed by atoms with E-state index in [1.807, 2.05) is 73.8 Å². The Bertz CT molecular complexity index is 836. The topological polar surface area (TPSA) is 67.4 Å². The van der Waals surface area contributed by atoms with Gasteiger partial charge in [-0.15, -0.1) is 23.5 Å². The number of hydrogen-bond acceptors (Lipinski definition) is 5. The summed E-state index contributed by atoms with van der Waals surface area (Å²) in [6.45, 7) is 3.67. The van der Waals surface area contributed by atoms with Crippen LogP contribution in [0.5, 0.6) is 5.75 Å². The van der Waals surface area contributed by atoms with Gasteiger partial charge < -0.3 is 4.74 Å². The van der Waals surface area contributed by atoms with Gasteiger partial charge in [-0.2, -0.15) is 0 Å². The van der Waals surface area contributed by atoms with Gasteiger partial charge in [0, 0.05) is 22.6 Å². The first-order valence-corrected chi connectivity index (χ1v) is 10.8. The SMILES string of the molecule is Cc1ccc(C(=O)NNC(=O)COc2ccccc2C2SCCS2)c(C)c1. The Morgan fingerprint density at radius 3 is 2.56 bits per heavy atom. The van der Waals surface area contributed by atoms with E-state index in [0.717, 1.165) is 28.2 Å². The normalized spacial score (nSPS) is 14.0. The summed E-state index contributed by atoms with van der Waals surface area (Å²) in [5.41, 5.74) is 8.41. The Morgan fingerprint density at radius 1 is 1.07 bits per heavy atom. The molecule has 3 rings (SSSR count). The summed E-state index contributed by atoms with van der Waals surface area (Å²) < 4.78 is 6.04. The largest absolute Gasteiger partial charge is 0.483 e. The van der Waals surface area contributed by atoms with Gasteiger partial charge in [-0.05, 0) is 31.5 Å². The number of rotatable bonds is 5. The Morgan fingerprint density at radius 2 is 1.81 bits per heavy atom. The van der Waals surface area contributed by atoms with Crippen LogP contribution in [0.15, 0.2) is 42.5 Å². The highest BCUT2D eigenvalue weighted by atomic mass is 32.2. The molecule has 0 spiro atoms. The second-order valence-electron chi connectivity index (χ2n) is 6.22. The number of hydrogen-bond donors (Lipinski definition) is 2. The minimum atomic E-state index is -0.408. The molecule has 7 heteroatoms. The van der Waals surface area contributed by atoms with E-state index < -0.39 is 5.91 Å². The summed E-state index contributed by atoms with van der Waals surface area (Å²) in [5, 5.41) is 0. The second-order valence-corrected chi connectivity index (χ2v) is 8.95. The van der Waals surface area contributed by atoms with Crippen LogP contribution in [0.25, 0.3) is 0 Å². The molecule has 0 radical (unpaired) electrons. The van der Waals surface area contributed by atoms with Crippen molar-refractivity contribution < 1.29 is 14.3 Å². The minimum Gasteiger partial charge on any atom is -0.483 e. The highest BCUT2D eigenvalue weighted by Crippen LogP contribution is 2.48. The van der Waals surface area contributed by atoms with Crippen molar-refractivity contribution in [1.82, 2.24) is 10.9 Å². The maximum absolute atomic E-state index is 12.2. The Balaban J connectivity index is 1.52. The molecular formula is C20H22N2O3S2. The zero-order valence-electron chi connectivity index (χ0n) is 15.3. The lowest BCUT2D eigenvalue weighted by Gasteiger charge is -2.15. The van der Waals surface area contributed by atoms with Crippen LogP contribution in [0, 0.1) is 13.8 Å². The first-order chi connectivity index (χ1) is 13.0. The molecule has 1 aliphatic heterocycles. The third kappa shape index (κ3) is 5.20. The van der Waals surface area contributed by atoms with Gasteiger partial charge in [0.15, 0.2) is 6.61 Å². The minimum absolute atomic E-state index is 0.160. The summed E-state index contributed by atoms with van der Waals surface area (Å²) in [5.74, 6) is 2.19. The van der Waals surface area contributed by atoms with Crippen molar-refractivity contribution >= 4 is 35.3 Å². The fraction of sp³-hybridized carbons (Fsp3) is 0.300. The zero-order valence-corrected chi connectivity index (χ0v) is 16.9. The average Bonchev–Trinajstić information content (AvgIpc) is 3.19. The van der Waals surface area contributed by atoms with Crippen LogP contribution in [-0.4, -0.2) is 29.9 Å². The summed E-state index contributed by atoms with van der Waals surface area (Å²) in [6.07, 6.45) is 0. The number of hydrazine groups is 1. The second kappa shape index (κ2) is 9.19. The highest BCUT2D eigenvalue weighted by Gasteiger charge is 2.22. The molecule has 1 heterocycles. The molecule has 0 saturated carbocycles. The van der Waals surface area contributed by atoms with E-state index in [-0.39, 0.29) is 12.5 Å². The van der Waals surface area contributed by atoms with Gasteiger partial charge in [-0.25, -0.2) is 0 Å². The van der Waals surface area contributed by atoms with Crippen molar-refractivity contribution in [3.8, 4) is 5.75 Å². The van der Waals surface area contributed by atoms with Crippen molar-refractivity contribution in [3.63, 3.8) is 0 Å².